The minimum absolute atomic E-state index is 0.264. The minimum Gasteiger partial charge on any atom is -0.384 e. The van der Waals surface area contributed by atoms with Crippen LogP contribution in [0.3, 0.4) is 0 Å². The molecule has 7 nitrogen and oxygen atoms in total. The topological polar surface area (TPSA) is 91.8 Å². The van der Waals surface area contributed by atoms with Crippen LogP contribution in [0.1, 0.15) is 54.4 Å². The maximum absolute atomic E-state index is 13.0. The summed E-state index contributed by atoms with van der Waals surface area (Å²) in [5, 5.41) is 15.4. The number of carbonyl (C=O) groups excluding carboxylic acids is 2. The van der Waals surface area contributed by atoms with E-state index in [1.165, 1.54) is 12.1 Å². The Hall–Kier alpha value is -3.34. The molecule has 2 saturated heterocycles. The Morgan fingerprint density at radius 2 is 1.90 bits per heavy atom. The summed E-state index contributed by atoms with van der Waals surface area (Å²) in [6.07, 6.45) is -1.64. The van der Waals surface area contributed by atoms with Crippen LogP contribution in [-0.4, -0.2) is 53.6 Å². The van der Waals surface area contributed by atoms with E-state index in [2.05, 4.69) is 15.2 Å². The number of benzene rings is 2. The molecule has 0 radical (unpaired) electrons. The van der Waals surface area contributed by atoms with Crippen LogP contribution in [0.2, 0.25) is 0 Å². The van der Waals surface area contributed by atoms with Gasteiger partial charge in [-0.2, -0.15) is 13.2 Å². The Balaban J connectivity index is 1.40. The van der Waals surface area contributed by atoms with Gasteiger partial charge >= 0.3 is 6.18 Å². The molecule has 212 valence electrons. The first kappa shape index (κ1) is 28.2. The van der Waals surface area contributed by atoms with Crippen molar-refractivity contribution in [2.24, 2.45) is 5.41 Å². The van der Waals surface area contributed by atoms with E-state index in [1.807, 2.05) is 31.2 Å². The fourth-order valence-electron chi connectivity index (χ4n) is 6.10. The van der Waals surface area contributed by atoms with Crippen molar-refractivity contribution in [1.29, 1.82) is 0 Å². The van der Waals surface area contributed by atoms with E-state index in [4.69, 9.17) is 4.74 Å². The van der Waals surface area contributed by atoms with E-state index >= 15 is 0 Å². The van der Waals surface area contributed by atoms with Gasteiger partial charge in [0.25, 0.3) is 0 Å². The third kappa shape index (κ3) is 5.35. The van der Waals surface area contributed by atoms with Gasteiger partial charge in [-0.25, -0.2) is 0 Å². The molecule has 0 saturated carbocycles. The highest BCUT2D eigenvalue weighted by atomic mass is 19.4. The first-order valence-corrected chi connectivity index (χ1v) is 13.3. The molecule has 2 aliphatic heterocycles. The molecule has 3 heterocycles. The number of ether oxygens (including phenoxy) is 1. The number of carbonyl (C=O) groups is 2. The number of methoxy groups -OCH3 is 1. The number of amides is 2. The molecule has 1 aromatic heterocycles. The molecule has 0 aliphatic carbocycles. The van der Waals surface area contributed by atoms with Crippen LogP contribution < -0.4 is 5.32 Å². The van der Waals surface area contributed by atoms with Gasteiger partial charge in [-0.3, -0.25) is 24.8 Å². The predicted molar refractivity (Wildman–Crippen MR) is 142 cm³/mol. The third-order valence-electron chi connectivity index (χ3n) is 8.33. The lowest BCUT2D eigenvalue weighted by Crippen LogP contribution is -2.58. The molecule has 0 spiro atoms. The molecule has 0 unspecified atom stereocenters. The molecule has 2 aromatic carbocycles. The number of nitrogens with one attached hydrogen (secondary N) is 1. The zero-order valence-electron chi connectivity index (χ0n) is 22.4. The van der Waals surface area contributed by atoms with E-state index in [9.17, 15) is 27.9 Å². The summed E-state index contributed by atoms with van der Waals surface area (Å²) in [5.74, 6) is -1.07. The summed E-state index contributed by atoms with van der Waals surface area (Å²) >= 11 is 0. The summed E-state index contributed by atoms with van der Waals surface area (Å²) in [7, 11) is 1.58. The van der Waals surface area contributed by atoms with E-state index < -0.39 is 28.7 Å². The molecule has 2 aliphatic rings. The smallest absolute Gasteiger partial charge is 0.384 e. The highest BCUT2D eigenvalue weighted by molar-refractivity contribution is 6.01. The van der Waals surface area contributed by atoms with Gasteiger partial charge in [-0.05, 0) is 59.9 Å². The number of hydrogen-bond acceptors (Lipinski definition) is 6. The molecular formula is C30H32F3N3O4. The number of rotatable bonds is 6. The summed E-state index contributed by atoms with van der Waals surface area (Å²) in [5.41, 5.74) is 0.239. The molecule has 2 amide bonds. The average molecular weight is 556 g/mol. The number of fused-ring (bicyclic) bond motifs is 1. The maximum atomic E-state index is 13.0. The number of likely N-dealkylation sites (tertiary alicyclic amines) is 1. The number of nitrogens with zero attached hydrogens (tertiary/aromatic N) is 2. The normalized spacial score (nSPS) is 26.2. The Morgan fingerprint density at radius 1 is 1.15 bits per heavy atom. The molecule has 2 N–H and O–H groups in total. The SMILES string of the molecule is COC[C@]1(C)CN(Cc2ccc(C(F)(F)F)cc2)CC[C@@]1(O)c1ccc2ncc([C@@H]3CCC(=O)NC3=O)cc2c1. The second-order valence-corrected chi connectivity index (χ2v) is 11.2. The van der Waals surface area contributed by atoms with E-state index in [-0.39, 0.29) is 24.8 Å². The Bertz CT molecular complexity index is 1430. The van der Waals surface area contributed by atoms with Gasteiger partial charge < -0.3 is 9.84 Å². The minimum atomic E-state index is -4.38. The lowest BCUT2D eigenvalue weighted by Gasteiger charge is -2.52. The molecular weight excluding hydrogens is 523 g/mol. The number of imide groups is 1. The van der Waals surface area contributed by atoms with Crippen LogP contribution in [0.5, 0.6) is 0 Å². The summed E-state index contributed by atoms with van der Waals surface area (Å²) in [4.78, 5) is 30.6. The number of halogens is 3. The molecule has 0 bridgehead atoms. The average Bonchev–Trinajstić information content (AvgIpc) is 2.90. The van der Waals surface area contributed by atoms with Gasteiger partial charge in [0.15, 0.2) is 0 Å². The van der Waals surface area contributed by atoms with Crippen molar-refractivity contribution in [3.05, 3.63) is 77.0 Å². The van der Waals surface area contributed by atoms with Gasteiger partial charge in [0, 0.05) is 50.2 Å². The monoisotopic (exact) mass is 555 g/mol. The molecule has 10 heteroatoms. The van der Waals surface area contributed by atoms with Crippen molar-refractivity contribution in [2.45, 2.75) is 50.4 Å². The lowest BCUT2D eigenvalue weighted by atomic mass is 9.65. The quantitative estimate of drug-likeness (QED) is 0.435. The van der Waals surface area contributed by atoms with Gasteiger partial charge in [0.1, 0.15) is 0 Å². The number of pyridine rings is 1. The van der Waals surface area contributed by atoms with E-state index in [1.54, 1.807) is 13.3 Å². The first-order chi connectivity index (χ1) is 18.9. The fraction of sp³-hybridized carbons (Fsp3) is 0.433. The lowest BCUT2D eigenvalue weighted by molar-refractivity contribution is -0.158. The van der Waals surface area contributed by atoms with Crippen molar-refractivity contribution >= 4 is 22.7 Å². The first-order valence-electron chi connectivity index (χ1n) is 13.3. The summed E-state index contributed by atoms with van der Waals surface area (Å²) in [6.45, 7) is 3.66. The third-order valence-corrected chi connectivity index (χ3v) is 8.33. The van der Waals surface area contributed by atoms with Crippen LogP contribution in [0.25, 0.3) is 10.9 Å². The largest absolute Gasteiger partial charge is 0.416 e. The summed E-state index contributed by atoms with van der Waals surface area (Å²) < 4.78 is 44.5. The van der Waals surface area contributed by atoms with Crippen molar-refractivity contribution in [3.8, 4) is 0 Å². The van der Waals surface area contributed by atoms with Gasteiger partial charge in [-0.15, -0.1) is 0 Å². The Morgan fingerprint density at radius 3 is 2.58 bits per heavy atom. The predicted octanol–water partition coefficient (Wildman–Crippen LogP) is 4.52. The van der Waals surface area contributed by atoms with Crippen molar-refractivity contribution in [1.82, 2.24) is 15.2 Å². The van der Waals surface area contributed by atoms with Crippen LogP contribution in [0.15, 0.2) is 54.7 Å². The van der Waals surface area contributed by atoms with Crippen molar-refractivity contribution in [3.63, 3.8) is 0 Å². The van der Waals surface area contributed by atoms with Gasteiger partial charge in [0.05, 0.1) is 29.2 Å². The van der Waals surface area contributed by atoms with Crippen LogP contribution in [0.4, 0.5) is 13.2 Å². The molecule has 3 aromatic rings. The number of hydrogen-bond donors (Lipinski definition) is 2. The van der Waals surface area contributed by atoms with Crippen LogP contribution >= 0.6 is 0 Å². The Kier molecular flexibility index (Phi) is 7.45. The zero-order valence-corrected chi connectivity index (χ0v) is 22.4. The molecule has 5 rings (SSSR count). The molecule has 3 atom stereocenters. The number of piperidine rings is 2. The zero-order chi connectivity index (χ0) is 28.7. The van der Waals surface area contributed by atoms with E-state index in [0.717, 1.165) is 28.6 Å². The Labute approximate surface area is 230 Å². The number of alkyl halides is 3. The van der Waals surface area contributed by atoms with E-state index in [0.29, 0.717) is 43.6 Å². The van der Waals surface area contributed by atoms with Gasteiger partial charge in [-0.1, -0.05) is 25.1 Å². The number of aromatic nitrogens is 1. The van der Waals surface area contributed by atoms with Crippen molar-refractivity contribution in [2.75, 3.05) is 26.8 Å². The standard InChI is InChI=1S/C30H32F3N3O4/c1-28(18-40-2)17-36(16-19-3-5-22(6-4-19)30(31,32)33)12-11-29(28,39)23-7-9-25-20(14-23)13-21(15-34-25)24-8-10-26(37)35-27(24)38/h3-7,9,13-15,24,39H,8,10-12,16-18H2,1-2H3,(H,35,37,38)/t24-,28-,29+/m0/s1. The molecule has 40 heavy (non-hydrogen) atoms. The van der Waals surface area contributed by atoms with Crippen molar-refractivity contribution < 1.29 is 32.6 Å². The second-order valence-electron chi connectivity index (χ2n) is 11.2. The maximum Gasteiger partial charge on any atom is 0.416 e. The number of aliphatic hydroxyl groups is 1. The van der Waals surface area contributed by atoms with Crippen LogP contribution in [0, 0.1) is 5.41 Å². The van der Waals surface area contributed by atoms with Crippen LogP contribution in [-0.2, 0) is 32.6 Å². The second kappa shape index (κ2) is 10.6. The fourth-order valence-corrected chi connectivity index (χ4v) is 6.10. The summed E-state index contributed by atoms with van der Waals surface area (Å²) in [6, 6.07) is 12.7. The van der Waals surface area contributed by atoms with Gasteiger partial charge in [0.2, 0.25) is 11.8 Å². The highest BCUT2D eigenvalue weighted by Crippen LogP contribution is 2.47. The molecule has 2 fully saturated rings. The highest BCUT2D eigenvalue weighted by Gasteiger charge is 2.52.